The van der Waals surface area contributed by atoms with Crippen molar-refractivity contribution in [2.24, 2.45) is 7.05 Å². The summed E-state index contributed by atoms with van der Waals surface area (Å²) in [7, 11) is 1.84. The summed E-state index contributed by atoms with van der Waals surface area (Å²) in [6.07, 6.45) is 2.06. The van der Waals surface area contributed by atoms with E-state index in [9.17, 15) is 4.79 Å². The quantitative estimate of drug-likeness (QED) is 0.747. The summed E-state index contributed by atoms with van der Waals surface area (Å²) in [5.74, 6) is -0.118. The lowest BCUT2D eigenvalue weighted by molar-refractivity contribution is -0.121. The Morgan fingerprint density at radius 3 is 2.67 bits per heavy atom. The molecule has 0 saturated carbocycles. The minimum absolute atomic E-state index is 0.118. The first-order chi connectivity index (χ1) is 11.5. The molecule has 0 aliphatic heterocycles. The zero-order chi connectivity index (χ0) is 17.1. The van der Waals surface area contributed by atoms with Crippen LogP contribution in [0.2, 0.25) is 5.02 Å². The largest absolute Gasteiger partial charge is 0.343 e. The number of nitrogens with one attached hydrogen (secondary N) is 2. The van der Waals surface area contributed by atoms with Crippen LogP contribution in [-0.4, -0.2) is 25.9 Å². The van der Waals surface area contributed by atoms with Crippen molar-refractivity contribution < 1.29 is 4.79 Å². The first-order valence-corrected chi connectivity index (χ1v) is 7.94. The number of nitrogens with zero attached hydrogens (tertiary/aromatic N) is 3. The molecule has 2 aromatic heterocycles. The zero-order valence-corrected chi connectivity index (χ0v) is 14.2. The Kier molecular flexibility index (Phi) is 4.66. The predicted molar refractivity (Wildman–Crippen MR) is 91.7 cm³/mol. The van der Waals surface area contributed by atoms with Gasteiger partial charge in [-0.05, 0) is 36.8 Å². The minimum Gasteiger partial charge on any atom is -0.343 e. The highest BCUT2D eigenvalue weighted by molar-refractivity contribution is 6.30. The number of halogens is 1. The summed E-state index contributed by atoms with van der Waals surface area (Å²) in [4.78, 5) is 12.4. The van der Waals surface area contributed by atoms with E-state index < -0.39 is 0 Å². The van der Waals surface area contributed by atoms with E-state index in [-0.39, 0.29) is 18.4 Å². The van der Waals surface area contributed by atoms with Crippen LogP contribution < -0.4 is 5.32 Å². The van der Waals surface area contributed by atoms with Gasteiger partial charge in [-0.15, -0.1) is 0 Å². The molecule has 124 valence electrons. The van der Waals surface area contributed by atoms with Crippen molar-refractivity contribution >= 4 is 17.5 Å². The number of amides is 1. The fraction of sp³-hybridized carbons (Fsp3) is 0.235. The van der Waals surface area contributed by atoms with Crippen molar-refractivity contribution in [2.75, 3.05) is 0 Å². The van der Waals surface area contributed by atoms with Gasteiger partial charge in [0.2, 0.25) is 5.91 Å². The number of carbonyl (C=O) groups is 1. The maximum Gasteiger partial charge on any atom is 0.226 e. The highest BCUT2D eigenvalue weighted by atomic mass is 35.5. The van der Waals surface area contributed by atoms with E-state index >= 15 is 0 Å². The molecule has 2 N–H and O–H groups in total. The van der Waals surface area contributed by atoms with Gasteiger partial charge in [0.15, 0.2) is 0 Å². The van der Waals surface area contributed by atoms with E-state index in [0.29, 0.717) is 10.7 Å². The second-order valence-electron chi connectivity index (χ2n) is 5.69. The SMILES string of the molecule is Cc1cc(CC(=O)NC(c2ccc(Cl)cc2)c2ccn(C)n2)n[nH]1. The van der Waals surface area contributed by atoms with E-state index in [1.807, 2.05) is 44.4 Å². The summed E-state index contributed by atoms with van der Waals surface area (Å²) in [6.45, 7) is 1.90. The number of aromatic nitrogens is 4. The third kappa shape index (κ3) is 3.83. The summed E-state index contributed by atoms with van der Waals surface area (Å²) in [5, 5.41) is 15.0. The number of hydrogen-bond donors (Lipinski definition) is 2. The first kappa shape index (κ1) is 16.3. The molecule has 1 amide bonds. The highest BCUT2D eigenvalue weighted by Gasteiger charge is 2.20. The van der Waals surface area contributed by atoms with E-state index in [2.05, 4.69) is 20.6 Å². The average Bonchev–Trinajstić information content (AvgIpc) is 3.14. The lowest BCUT2D eigenvalue weighted by Gasteiger charge is -2.17. The van der Waals surface area contributed by atoms with Gasteiger partial charge < -0.3 is 5.32 Å². The maximum atomic E-state index is 12.4. The molecule has 0 radical (unpaired) electrons. The summed E-state index contributed by atoms with van der Waals surface area (Å²) in [5.41, 5.74) is 3.33. The van der Waals surface area contributed by atoms with E-state index in [4.69, 9.17) is 11.6 Å². The van der Waals surface area contributed by atoms with Crippen molar-refractivity contribution in [1.82, 2.24) is 25.3 Å². The monoisotopic (exact) mass is 343 g/mol. The molecule has 1 aromatic carbocycles. The lowest BCUT2D eigenvalue weighted by Crippen LogP contribution is -2.31. The van der Waals surface area contributed by atoms with E-state index in [1.165, 1.54) is 0 Å². The van der Waals surface area contributed by atoms with Crippen LogP contribution in [0.4, 0.5) is 0 Å². The van der Waals surface area contributed by atoms with Crippen molar-refractivity contribution in [3.63, 3.8) is 0 Å². The predicted octanol–water partition coefficient (Wildman–Crippen LogP) is 2.55. The molecule has 1 unspecified atom stereocenters. The van der Waals surface area contributed by atoms with Gasteiger partial charge in [-0.2, -0.15) is 10.2 Å². The molecule has 6 nitrogen and oxygen atoms in total. The van der Waals surface area contributed by atoms with Gasteiger partial charge in [0.25, 0.3) is 0 Å². The molecule has 0 aliphatic carbocycles. The molecule has 0 saturated heterocycles. The summed E-state index contributed by atoms with van der Waals surface area (Å²) in [6, 6.07) is 10.8. The number of aromatic amines is 1. The third-order valence-corrected chi connectivity index (χ3v) is 3.89. The molecular formula is C17H18ClN5O. The van der Waals surface area contributed by atoms with Crippen LogP contribution in [0.25, 0.3) is 0 Å². The van der Waals surface area contributed by atoms with Crippen molar-refractivity contribution in [3.8, 4) is 0 Å². The lowest BCUT2D eigenvalue weighted by atomic mass is 10.0. The fourth-order valence-electron chi connectivity index (χ4n) is 2.51. The number of aryl methyl sites for hydroxylation is 2. The first-order valence-electron chi connectivity index (χ1n) is 7.56. The Labute approximate surface area is 144 Å². The molecule has 0 bridgehead atoms. The van der Waals surface area contributed by atoms with E-state index in [1.54, 1.807) is 16.8 Å². The van der Waals surface area contributed by atoms with Gasteiger partial charge in [-0.25, -0.2) is 0 Å². The summed E-state index contributed by atoms with van der Waals surface area (Å²) < 4.78 is 1.71. The summed E-state index contributed by atoms with van der Waals surface area (Å²) >= 11 is 5.96. The molecule has 0 spiro atoms. The molecule has 24 heavy (non-hydrogen) atoms. The zero-order valence-electron chi connectivity index (χ0n) is 13.5. The van der Waals surface area contributed by atoms with Gasteiger partial charge in [0, 0.05) is 24.0 Å². The Morgan fingerprint density at radius 1 is 1.33 bits per heavy atom. The van der Waals surface area contributed by atoms with Crippen molar-refractivity contribution in [2.45, 2.75) is 19.4 Å². The molecule has 3 aromatic rings. The van der Waals surface area contributed by atoms with Crippen LogP contribution in [0.1, 0.15) is 28.7 Å². The van der Waals surface area contributed by atoms with Gasteiger partial charge >= 0.3 is 0 Å². The molecule has 2 heterocycles. The van der Waals surface area contributed by atoms with Gasteiger partial charge in [-0.1, -0.05) is 23.7 Å². The van der Waals surface area contributed by atoms with Crippen LogP contribution in [0, 0.1) is 6.92 Å². The maximum absolute atomic E-state index is 12.4. The van der Waals surface area contributed by atoms with Crippen LogP contribution in [0.3, 0.4) is 0 Å². The Balaban J connectivity index is 1.81. The van der Waals surface area contributed by atoms with E-state index in [0.717, 1.165) is 17.0 Å². The van der Waals surface area contributed by atoms with Gasteiger partial charge in [0.1, 0.15) is 0 Å². The molecule has 0 aliphatic rings. The molecule has 7 heteroatoms. The fourth-order valence-corrected chi connectivity index (χ4v) is 2.64. The number of H-pyrrole nitrogens is 1. The average molecular weight is 344 g/mol. The smallest absolute Gasteiger partial charge is 0.226 e. The van der Waals surface area contributed by atoms with Crippen LogP contribution >= 0.6 is 11.6 Å². The molecule has 3 rings (SSSR count). The topological polar surface area (TPSA) is 75.6 Å². The number of carbonyl (C=O) groups excluding carboxylic acids is 1. The molecule has 0 fully saturated rings. The Hall–Kier alpha value is -2.60. The normalized spacial score (nSPS) is 12.1. The Bertz CT molecular complexity index is 837. The standard InChI is InChI=1S/C17H18ClN5O/c1-11-9-14(21-20-11)10-16(24)19-17(15-7-8-23(2)22-15)12-3-5-13(18)6-4-12/h3-9,17H,10H2,1-2H3,(H,19,24)(H,20,21). The molecular weight excluding hydrogens is 326 g/mol. The van der Waals surface area contributed by atoms with Crippen molar-refractivity contribution in [3.05, 3.63) is 70.3 Å². The van der Waals surface area contributed by atoms with Crippen molar-refractivity contribution in [1.29, 1.82) is 0 Å². The minimum atomic E-state index is -0.337. The molecule has 1 atom stereocenters. The van der Waals surface area contributed by atoms with Crippen LogP contribution in [0.15, 0.2) is 42.6 Å². The number of hydrogen-bond acceptors (Lipinski definition) is 3. The number of benzene rings is 1. The Morgan fingerprint density at radius 2 is 2.08 bits per heavy atom. The third-order valence-electron chi connectivity index (χ3n) is 3.64. The second kappa shape index (κ2) is 6.88. The number of rotatable bonds is 5. The van der Waals surface area contributed by atoms with Crippen LogP contribution in [-0.2, 0) is 18.3 Å². The van der Waals surface area contributed by atoms with Crippen LogP contribution in [0.5, 0.6) is 0 Å². The van der Waals surface area contributed by atoms with Gasteiger partial charge in [0.05, 0.1) is 23.9 Å². The van der Waals surface area contributed by atoms with Gasteiger partial charge in [-0.3, -0.25) is 14.6 Å². The highest BCUT2D eigenvalue weighted by Crippen LogP contribution is 2.22. The second-order valence-corrected chi connectivity index (χ2v) is 6.12.